The Hall–Kier alpha value is -3.72. The van der Waals surface area contributed by atoms with Crippen molar-refractivity contribution in [1.82, 2.24) is 19.5 Å². The monoisotopic (exact) mass is 522 g/mol. The third-order valence-corrected chi connectivity index (χ3v) is 7.10. The average Bonchev–Trinajstić information content (AvgIpc) is 3.49. The Morgan fingerprint density at radius 2 is 1.92 bits per heavy atom. The molecule has 0 spiro atoms. The summed E-state index contributed by atoms with van der Waals surface area (Å²) < 4.78 is 35.4. The van der Waals surface area contributed by atoms with E-state index < -0.39 is 5.67 Å². The number of fused-ring (bicyclic) bond motifs is 1. The molecule has 0 saturated carbocycles. The van der Waals surface area contributed by atoms with Gasteiger partial charge in [-0.25, -0.2) is 18.7 Å². The number of imidazole rings is 1. The zero-order valence-corrected chi connectivity index (χ0v) is 21.1. The van der Waals surface area contributed by atoms with Crippen LogP contribution >= 0.6 is 11.6 Å². The predicted molar refractivity (Wildman–Crippen MR) is 139 cm³/mol. The van der Waals surface area contributed by atoms with Gasteiger partial charge in [0.1, 0.15) is 34.5 Å². The van der Waals surface area contributed by atoms with Crippen molar-refractivity contribution in [1.29, 1.82) is 0 Å². The second-order valence-electron chi connectivity index (χ2n) is 9.76. The highest BCUT2D eigenvalue weighted by atomic mass is 35.5. The van der Waals surface area contributed by atoms with Gasteiger partial charge in [0.05, 0.1) is 31.6 Å². The van der Waals surface area contributed by atoms with Crippen molar-refractivity contribution in [3.8, 4) is 11.4 Å². The number of nitrogens with one attached hydrogen (secondary N) is 1. The summed E-state index contributed by atoms with van der Waals surface area (Å²) in [6, 6.07) is 12.2. The van der Waals surface area contributed by atoms with Crippen molar-refractivity contribution >= 4 is 29.1 Å². The van der Waals surface area contributed by atoms with Gasteiger partial charge in [-0.1, -0.05) is 23.7 Å². The molecule has 2 aliphatic rings. The number of aromatic nitrogens is 4. The van der Waals surface area contributed by atoms with Crippen molar-refractivity contribution in [2.45, 2.75) is 31.4 Å². The lowest BCUT2D eigenvalue weighted by Crippen LogP contribution is -2.57. The quantitative estimate of drug-likeness (QED) is 0.343. The molecular weight excluding hydrogens is 498 g/mol. The summed E-state index contributed by atoms with van der Waals surface area (Å²) in [5.41, 5.74) is 3.19. The first kappa shape index (κ1) is 23.7. The Balaban J connectivity index is 1.37. The minimum absolute atomic E-state index is 0.0128. The molecule has 7 nitrogen and oxygen atoms in total. The predicted octanol–water partition coefficient (Wildman–Crippen LogP) is 5.83. The summed E-state index contributed by atoms with van der Waals surface area (Å²) in [4.78, 5) is 15.7. The van der Waals surface area contributed by atoms with Crippen LogP contribution in [0.1, 0.15) is 36.1 Å². The summed E-state index contributed by atoms with van der Waals surface area (Å²) in [6.07, 6.45) is 4.93. The molecule has 4 aromatic rings. The first-order valence-corrected chi connectivity index (χ1v) is 12.4. The number of alkyl halides is 1. The summed E-state index contributed by atoms with van der Waals surface area (Å²) in [5.74, 6) is 1.52. The third kappa shape index (κ3) is 4.48. The van der Waals surface area contributed by atoms with Crippen LogP contribution in [-0.4, -0.2) is 45.4 Å². The van der Waals surface area contributed by atoms with Gasteiger partial charge < -0.3 is 19.5 Å². The Morgan fingerprint density at radius 3 is 2.59 bits per heavy atom. The largest absolute Gasteiger partial charge is 0.494 e. The highest BCUT2D eigenvalue weighted by molar-refractivity contribution is 6.29. The second-order valence-corrected chi connectivity index (χ2v) is 10.1. The minimum Gasteiger partial charge on any atom is -0.494 e. The molecule has 1 aliphatic carbocycles. The summed E-state index contributed by atoms with van der Waals surface area (Å²) in [5, 5.41) is 3.69. The minimum atomic E-state index is -1.24. The second kappa shape index (κ2) is 8.99. The number of benzene rings is 2. The SMILES string of the molecule is COc1cc(Nc2nc3c(c(N4CC(C)(F)C4)n2)CCC3c2ccc(F)cc2)ccc1-n1cnc(Cl)c1. The topological polar surface area (TPSA) is 68.1 Å². The molecule has 2 aromatic carbocycles. The van der Waals surface area contributed by atoms with E-state index in [1.165, 1.54) is 12.1 Å². The van der Waals surface area contributed by atoms with E-state index in [9.17, 15) is 8.78 Å². The number of methoxy groups -OCH3 is 1. The molecule has 2 aromatic heterocycles. The normalized spacial score (nSPS) is 17.9. The number of ether oxygens (including phenoxy) is 1. The maximum atomic E-state index is 14.4. The maximum absolute atomic E-state index is 14.4. The lowest BCUT2D eigenvalue weighted by molar-refractivity contribution is 0.143. The molecule has 1 fully saturated rings. The van der Waals surface area contributed by atoms with Crippen LogP contribution in [0.25, 0.3) is 5.69 Å². The van der Waals surface area contributed by atoms with Crippen molar-refractivity contribution < 1.29 is 13.5 Å². The Kier molecular flexibility index (Phi) is 5.75. The highest BCUT2D eigenvalue weighted by Crippen LogP contribution is 2.43. The van der Waals surface area contributed by atoms with Crippen molar-refractivity contribution in [3.63, 3.8) is 0 Å². The van der Waals surface area contributed by atoms with E-state index in [1.807, 2.05) is 23.1 Å². The Labute approximate surface area is 218 Å². The van der Waals surface area contributed by atoms with E-state index >= 15 is 0 Å². The van der Waals surface area contributed by atoms with Crippen LogP contribution in [0.5, 0.6) is 5.75 Å². The fourth-order valence-corrected chi connectivity index (χ4v) is 5.36. The van der Waals surface area contributed by atoms with E-state index in [1.54, 1.807) is 43.3 Å². The fourth-order valence-electron chi connectivity index (χ4n) is 5.21. The highest BCUT2D eigenvalue weighted by Gasteiger charge is 2.42. The number of hydrogen-bond donors (Lipinski definition) is 1. The molecule has 3 heterocycles. The Morgan fingerprint density at radius 1 is 1.14 bits per heavy atom. The molecule has 10 heteroatoms. The van der Waals surface area contributed by atoms with Gasteiger partial charge in [0.15, 0.2) is 0 Å². The number of rotatable bonds is 6. The summed E-state index contributed by atoms with van der Waals surface area (Å²) >= 11 is 5.98. The fraction of sp³-hybridized carbons (Fsp3) is 0.296. The van der Waals surface area contributed by atoms with Gasteiger partial charge in [-0.05, 0) is 49.6 Å². The van der Waals surface area contributed by atoms with Gasteiger partial charge in [-0.3, -0.25) is 0 Å². The molecule has 1 N–H and O–H groups in total. The smallest absolute Gasteiger partial charge is 0.229 e. The van der Waals surface area contributed by atoms with Gasteiger partial charge in [-0.2, -0.15) is 4.98 Å². The van der Waals surface area contributed by atoms with Crippen LogP contribution < -0.4 is 15.0 Å². The van der Waals surface area contributed by atoms with Crippen LogP contribution in [-0.2, 0) is 6.42 Å². The molecule has 1 aliphatic heterocycles. The molecule has 0 amide bonds. The van der Waals surface area contributed by atoms with Crippen LogP contribution in [0.15, 0.2) is 55.0 Å². The molecule has 1 atom stereocenters. The van der Waals surface area contributed by atoms with Crippen molar-refractivity contribution in [2.24, 2.45) is 0 Å². The van der Waals surface area contributed by atoms with E-state index in [-0.39, 0.29) is 24.8 Å². The van der Waals surface area contributed by atoms with Gasteiger partial charge in [0.2, 0.25) is 5.95 Å². The number of anilines is 3. The Bertz CT molecular complexity index is 1460. The van der Waals surface area contributed by atoms with Crippen molar-refractivity contribution in [3.05, 3.63) is 82.8 Å². The summed E-state index contributed by atoms with van der Waals surface area (Å²) in [7, 11) is 1.59. The van der Waals surface area contributed by atoms with Gasteiger partial charge in [0.25, 0.3) is 0 Å². The average molecular weight is 523 g/mol. The molecule has 0 radical (unpaired) electrons. The van der Waals surface area contributed by atoms with Gasteiger partial charge >= 0.3 is 0 Å². The molecule has 0 bridgehead atoms. The van der Waals surface area contributed by atoms with Crippen LogP contribution in [0.3, 0.4) is 0 Å². The van der Waals surface area contributed by atoms with Crippen molar-refractivity contribution in [2.75, 3.05) is 30.4 Å². The molecule has 1 saturated heterocycles. The number of nitrogens with zero attached hydrogens (tertiary/aromatic N) is 5. The molecule has 1 unspecified atom stereocenters. The maximum Gasteiger partial charge on any atom is 0.229 e. The first-order chi connectivity index (χ1) is 17.8. The number of hydrogen-bond acceptors (Lipinski definition) is 6. The zero-order chi connectivity index (χ0) is 25.7. The lowest BCUT2D eigenvalue weighted by Gasteiger charge is -2.43. The van der Waals surface area contributed by atoms with Crippen LogP contribution in [0.4, 0.5) is 26.2 Å². The number of halogens is 3. The van der Waals surface area contributed by atoms with E-state index in [4.69, 9.17) is 26.3 Å². The van der Waals surface area contributed by atoms with E-state index in [0.29, 0.717) is 16.9 Å². The molecule has 6 rings (SSSR count). The first-order valence-electron chi connectivity index (χ1n) is 12.0. The molecular formula is C27H25ClF2N6O. The van der Waals surface area contributed by atoms with Gasteiger partial charge in [0, 0.05) is 29.4 Å². The lowest BCUT2D eigenvalue weighted by atomic mass is 9.96. The van der Waals surface area contributed by atoms with Gasteiger partial charge in [-0.15, -0.1) is 0 Å². The van der Waals surface area contributed by atoms with E-state index in [2.05, 4.69) is 10.3 Å². The standard InChI is InChI=1S/C27H25ClF2N6O/c1-27(30)13-36(14-27)25-20-9-8-19(16-3-5-17(29)6-4-16)24(20)33-26(34-25)32-18-7-10-21(22(11-18)37-2)35-12-23(28)31-15-35/h3-7,10-12,15,19H,8-9,13-14H2,1-2H3,(H,32,33,34). The van der Waals surface area contributed by atoms with Crippen LogP contribution in [0, 0.1) is 5.82 Å². The molecule has 37 heavy (non-hydrogen) atoms. The van der Waals surface area contributed by atoms with E-state index in [0.717, 1.165) is 46.9 Å². The summed E-state index contributed by atoms with van der Waals surface area (Å²) in [6.45, 7) is 2.17. The third-order valence-electron chi connectivity index (χ3n) is 6.91. The van der Waals surface area contributed by atoms with Crippen LogP contribution in [0.2, 0.25) is 5.15 Å². The zero-order valence-electron chi connectivity index (χ0n) is 20.4. The molecule has 190 valence electrons.